The van der Waals surface area contributed by atoms with Crippen LogP contribution in [-0.2, 0) is 13.6 Å². The van der Waals surface area contributed by atoms with E-state index < -0.39 is 0 Å². The van der Waals surface area contributed by atoms with Gasteiger partial charge in [-0.2, -0.15) is 5.10 Å². The Hall–Kier alpha value is -1.39. The smallest absolute Gasteiger partial charge is 0.0841 e. The van der Waals surface area contributed by atoms with E-state index in [1.807, 2.05) is 17.8 Å². The number of benzene rings is 1. The van der Waals surface area contributed by atoms with Crippen LogP contribution in [-0.4, -0.2) is 28.9 Å². The minimum absolute atomic E-state index is 0.544. The van der Waals surface area contributed by atoms with Gasteiger partial charge in [0.15, 0.2) is 0 Å². The highest BCUT2D eigenvalue weighted by atomic mass is 15.3. The van der Waals surface area contributed by atoms with E-state index in [1.54, 1.807) is 0 Å². The van der Waals surface area contributed by atoms with E-state index in [4.69, 9.17) is 0 Å². The number of nitrogens with one attached hydrogen (secondary N) is 2. The van der Waals surface area contributed by atoms with E-state index in [-0.39, 0.29) is 0 Å². The second-order valence-electron chi connectivity index (χ2n) is 4.87. The van der Waals surface area contributed by atoms with E-state index in [1.165, 1.54) is 10.9 Å². The van der Waals surface area contributed by atoms with Crippen LogP contribution in [0, 0.1) is 0 Å². The molecular weight excluding hydrogens is 224 g/mol. The van der Waals surface area contributed by atoms with Gasteiger partial charge in [0.25, 0.3) is 0 Å². The van der Waals surface area contributed by atoms with Crippen molar-refractivity contribution < 1.29 is 0 Å². The largest absolute Gasteiger partial charge is 0.313 e. The van der Waals surface area contributed by atoms with Crippen molar-refractivity contribution in [2.45, 2.75) is 26.4 Å². The molecule has 98 valence electrons. The van der Waals surface area contributed by atoms with Crippen LogP contribution in [0.15, 0.2) is 24.3 Å². The van der Waals surface area contributed by atoms with Crippen molar-refractivity contribution in [1.29, 1.82) is 0 Å². The highest BCUT2D eigenvalue weighted by molar-refractivity contribution is 5.81. The molecule has 0 bridgehead atoms. The molecule has 0 spiro atoms. The van der Waals surface area contributed by atoms with Gasteiger partial charge in [-0.1, -0.05) is 32.0 Å². The van der Waals surface area contributed by atoms with Crippen LogP contribution in [0.3, 0.4) is 0 Å². The van der Waals surface area contributed by atoms with Crippen LogP contribution in [0.5, 0.6) is 0 Å². The maximum absolute atomic E-state index is 4.56. The molecular formula is C14H22N4. The summed E-state index contributed by atoms with van der Waals surface area (Å²) in [7, 11) is 1.99. The lowest BCUT2D eigenvalue weighted by Crippen LogP contribution is -2.31. The standard InChI is InChI=1S/C14H22N4/c1-11(2)16-9-8-15-10-13-12-6-4-5-7-14(12)18(3)17-13/h4-7,11,15-16H,8-10H2,1-3H3. The summed E-state index contributed by atoms with van der Waals surface area (Å²) in [5, 5.41) is 12.6. The van der Waals surface area contributed by atoms with Crippen molar-refractivity contribution >= 4 is 10.9 Å². The molecule has 0 radical (unpaired) electrons. The highest BCUT2D eigenvalue weighted by Gasteiger charge is 2.06. The van der Waals surface area contributed by atoms with Crippen LogP contribution < -0.4 is 10.6 Å². The molecule has 0 unspecified atom stereocenters. The molecule has 0 saturated carbocycles. The van der Waals surface area contributed by atoms with Crippen molar-refractivity contribution in [3.8, 4) is 0 Å². The Bertz CT molecular complexity index is 501. The molecule has 18 heavy (non-hydrogen) atoms. The predicted octanol–water partition coefficient (Wildman–Crippen LogP) is 1.66. The summed E-state index contributed by atoms with van der Waals surface area (Å²) in [5.41, 5.74) is 2.31. The first-order chi connectivity index (χ1) is 8.68. The van der Waals surface area contributed by atoms with Crippen LogP contribution >= 0.6 is 0 Å². The fourth-order valence-electron chi connectivity index (χ4n) is 2.08. The molecule has 1 aromatic heterocycles. The summed E-state index contributed by atoms with van der Waals surface area (Å²) < 4.78 is 1.94. The van der Waals surface area contributed by atoms with Gasteiger partial charge in [0.1, 0.15) is 0 Å². The summed E-state index contributed by atoms with van der Waals surface area (Å²) >= 11 is 0. The number of hydrogen-bond acceptors (Lipinski definition) is 3. The molecule has 1 aromatic carbocycles. The van der Waals surface area contributed by atoms with Crippen molar-refractivity contribution in [2.24, 2.45) is 7.05 Å². The van der Waals surface area contributed by atoms with Crippen LogP contribution in [0.1, 0.15) is 19.5 Å². The highest BCUT2D eigenvalue weighted by Crippen LogP contribution is 2.16. The van der Waals surface area contributed by atoms with E-state index in [0.29, 0.717) is 6.04 Å². The molecule has 4 nitrogen and oxygen atoms in total. The van der Waals surface area contributed by atoms with Crippen LogP contribution in [0.4, 0.5) is 0 Å². The maximum Gasteiger partial charge on any atom is 0.0841 e. The van der Waals surface area contributed by atoms with Gasteiger partial charge in [0, 0.05) is 38.1 Å². The van der Waals surface area contributed by atoms with E-state index in [9.17, 15) is 0 Å². The zero-order valence-electron chi connectivity index (χ0n) is 11.4. The lowest BCUT2D eigenvalue weighted by Gasteiger charge is -2.08. The number of aryl methyl sites for hydroxylation is 1. The average Bonchev–Trinajstić information content (AvgIpc) is 2.66. The Kier molecular flexibility index (Phi) is 4.33. The summed E-state index contributed by atoms with van der Waals surface area (Å²) in [6.45, 7) is 7.09. The van der Waals surface area contributed by atoms with Gasteiger partial charge >= 0.3 is 0 Å². The second-order valence-corrected chi connectivity index (χ2v) is 4.87. The first-order valence-corrected chi connectivity index (χ1v) is 6.53. The molecule has 2 aromatic rings. The number of rotatable bonds is 6. The van der Waals surface area contributed by atoms with E-state index in [2.05, 4.69) is 47.8 Å². The molecule has 0 fully saturated rings. The minimum Gasteiger partial charge on any atom is -0.313 e. The monoisotopic (exact) mass is 246 g/mol. The second kappa shape index (κ2) is 5.98. The first kappa shape index (κ1) is 13.1. The quantitative estimate of drug-likeness (QED) is 0.762. The summed E-state index contributed by atoms with van der Waals surface area (Å²) in [6.07, 6.45) is 0. The van der Waals surface area contributed by atoms with Gasteiger partial charge in [0.05, 0.1) is 11.2 Å². The third kappa shape index (κ3) is 3.09. The predicted molar refractivity (Wildman–Crippen MR) is 75.6 cm³/mol. The third-order valence-electron chi connectivity index (χ3n) is 2.98. The Morgan fingerprint density at radius 2 is 2.00 bits per heavy atom. The normalized spacial score (nSPS) is 11.6. The summed E-state index contributed by atoms with van der Waals surface area (Å²) in [5.74, 6) is 0. The number of para-hydroxylation sites is 1. The van der Waals surface area contributed by atoms with Gasteiger partial charge in [-0.3, -0.25) is 4.68 Å². The lowest BCUT2D eigenvalue weighted by atomic mass is 10.2. The van der Waals surface area contributed by atoms with Gasteiger partial charge in [-0.15, -0.1) is 0 Å². The minimum atomic E-state index is 0.544. The maximum atomic E-state index is 4.56. The van der Waals surface area contributed by atoms with Gasteiger partial charge < -0.3 is 10.6 Å². The van der Waals surface area contributed by atoms with Crippen LogP contribution in [0.2, 0.25) is 0 Å². The number of aromatic nitrogens is 2. The molecule has 0 aliphatic rings. The first-order valence-electron chi connectivity index (χ1n) is 6.53. The zero-order chi connectivity index (χ0) is 13.0. The molecule has 4 heteroatoms. The Labute approximate surface area is 108 Å². The van der Waals surface area contributed by atoms with Crippen molar-refractivity contribution in [3.63, 3.8) is 0 Å². The molecule has 0 aliphatic carbocycles. The zero-order valence-corrected chi connectivity index (χ0v) is 11.4. The fraction of sp³-hybridized carbons (Fsp3) is 0.500. The lowest BCUT2D eigenvalue weighted by molar-refractivity contribution is 0.552. The van der Waals surface area contributed by atoms with Crippen molar-refractivity contribution in [3.05, 3.63) is 30.0 Å². The number of hydrogen-bond donors (Lipinski definition) is 2. The van der Waals surface area contributed by atoms with Gasteiger partial charge in [-0.25, -0.2) is 0 Å². The molecule has 0 atom stereocenters. The molecule has 2 N–H and O–H groups in total. The van der Waals surface area contributed by atoms with Crippen LogP contribution in [0.25, 0.3) is 10.9 Å². The fourth-order valence-corrected chi connectivity index (χ4v) is 2.08. The topological polar surface area (TPSA) is 41.9 Å². The SMILES string of the molecule is CC(C)NCCNCc1nn(C)c2ccccc12. The molecule has 0 saturated heterocycles. The Balaban J connectivity index is 1.92. The van der Waals surface area contributed by atoms with E-state index >= 15 is 0 Å². The molecule has 2 rings (SSSR count). The average molecular weight is 246 g/mol. The number of fused-ring (bicyclic) bond motifs is 1. The number of nitrogens with zero attached hydrogens (tertiary/aromatic N) is 2. The van der Waals surface area contributed by atoms with Crippen molar-refractivity contribution in [1.82, 2.24) is 20.4 Å². The van der Waals surface area contributed by atoms with E-state index in [0.717, 1.165) is 25.3 Å². The molecule has 1 heterocycles. The Morgan fingerprint density at radius 1 is 1.22 bits per heavy atom. The van der Waals surface area contributed by atoms with Gasteiger partial charge in [0.2, 0.25) is 0 Å². The third-order valence-corrected chi connectivity index (χ3v) is 2.98. The van der Waals surface area contributed by atoms with Gasteiger partial charge in [-0.05, 0) is 6.07 Å². The van der Waals surface area contributed by atoms with Crippen molar-refractivity contribution in [2.75, 3.05) is 13.1 Å². The molecule has 0 amide bonds. The Morgan fingerprint density at radius 3 is 2.78 bits per heavy atom. The summed E-state index contributed by atoms with van der Waals surface area (Å²) in [4.78, 5) is 0. The molecule has 0 aliphatic heterocycles. The summed E-state index contributed by atoms with van der Waals surface area (Å²) in [6, 6.07) is 8.89.